The van der Waals surface area contributed by atoms with E-state index in [0.717, 1.165) is 15.0 Å². The van der Waals surface area contributed by atoms with Crippen LogP contribution in [0.5, 0.6) is 0 Å². The molecule has 1 aromatic carbocycles. The van der Waals surface area contributed by atoms with Crippen molar-refractivity contribution in [3.8, 4) is 0 Å². The summed E-state index contributed by atoms with van der Waals surface area (Å²) >= 11 is 7.33. The minimum Gasteiger partial charge on any atom is -0.383 e. The SMILES string of the molecule is N=C(N)c1cc2cc(Cl)ccc2s1. The summed E-state index contributed by atoms with van der Waals surface area (Å²) in [6, 6.07) is 7.53. The van der Waals surface area contributed by atoms with Crippen LogP contribution < -0.4 is 5.73 Å². The molecule has 66 valence electrons. The number of hydrogen-bond donors (Lipinski definition) is 2. The van der Waals surface area contributed by atoms with E-state index in [0.29, 0.717) is 5.02 Å². The summed E-state index contributed by atoms with van der Waals surface area (Å²) in [5.74, 6) is 0.109. The highest BCUT2D eigenvalue weighted by Gasteiger charge is 2.03. The van der Waals surface area contributed by atoms with Gasteiger partial charge in [0.15, 0.2) is 0 Å². The third kappa shape index (κ3) is 1.53. The van der Waals surface area contributed by atoms with E-state index in [1.807, 2.05) is 24.3 Å². The number of benzene rings is 1. The van der Waals surface area contributed by atoms with Crippen molar-refractivity contribution >= 4 is 38.9 Å². The molecule has 2 rings (SSSR count). The second kappa shape index (κ2) is 3.01. The summed E-state index contributed by atoms with van der Waals surface area (Å²) in [5, 5.41) is 9.03. The zero-order valence-electron chi connectivity index (χ0n) is 6.67. The molecular weight excluding hydrogens is 204 g/mol. The van der Waals surface area contributed by atoms with Crippen LogP contribution in [0.25, 0.3) is 10.1 Å². The van der Waals surface area contributed by atoms with Gasteiger partial charge in [-0.3, -0.25) is 5.41 Å². The largest absolute Gasteiger partial charge is 0.383 e. The van der Waals surface area contributed by atoms with Gasteiger partial charge < -0.3 is 5.73 Å². The normalized spacial score (nSPS) is 10.5. The van der Waals surface area contributed by atoms with Crippen LogP contribution in [0.2, 0.25) is 5.02 Å². The van der Waals surface area contributed by atoms with Crippen LogP contribution in [-0.2, 0) is 0 Å². The first-order valence-electron chi connectivity index (χ1n) is 3.70. The highest BCUT2D eigenvalue weighted by Crippen LogP contribution is 2.27. The molecule has 0 unspecified atom stereocenters. The molecular formula is C9H7ClN2S. The molecule has 4 heteroatoms. The lowest BCUT2D eigenvalue weighted by molar-refractivity contribution is 1.46. The van der Waals surface area contributed by atoms with Crippen molar-refractivity contribution in [1.82, 2.24) is 0 Å². The number of halogens is 1. The Hall–Kier alpha value is -1.06. The van der Waals surface area contributed by atoms with Crippen LogP contribution in [-0.4, -0.2) is 5.84 Å². The predicted molar refractivity (Wildman–Crippen MR) is 57.9 cm³/mol. The lowest BCUT2D eigenvalue weighted by Crippen LogP contribution is -2.08. The van der Waals surface area contributed by atoms with Gasteiger partial charge in [0, 0.05) is 9.72 Å². The number of rotatable bonds is 1. The number of nitrogen functional groups attached to an aromatic ring is 1. The topological polar surface area (TPSA) is 49.9 Å². The Bertz CT molecular complexity index is 475. The fourth-order valence-corrected chi connectivity index (χ4v) is 2.23. The minimum atomic E-state index is 0.109. The van der Waals surface area contributed by atoms with Gasteiger partial charge in [-0.2, -0.15) is 0 Å². The first kappa shape index (κ1) is 8.53. The molecule has 1 aromatic heterocycles. The van der Waals surface area contributed by atoms with E-state index in [-0.39, 0.29) is 5.84 Å². The van der Waals surface area contributed by atoms with Crippen LogP contribution in [0.1, 0.15) is 4.88 Å². The number of nitrogens with two attached hydrogens (primary N) is 1. The third-order valence-electron chi connectivity index (χ3n) is 1.74. The summed E-state index contributed by atoms with van der Waals surface area (Å²) in [6.07, 6.45) is 0. The molecule has 0 aliphatic heterocycles. The van der Waals surface area contributed by atoms with Crippen LogP contribution >= 0.6 is 22.9 Å². The summed E-state index contributed by atoms with van der Waals surface area (Å²) < 4.78 is 1.11. The van der Waals surface area contributed by atoms with Gasteiger partial charge in [0.25, 0.3) is 0 Å². The maximum atomic E-state index is 7.28. The van der Waals surface area contributed by atoms with Gasteiger partial charge in [-0.05, 0) is 29.7 Å². The van der Waals surface area contributed by atoms with Crippen molar-refractivity contribution in [2.75, 3.05) is 0 Å². The summed E-state index contributed by atoms with van der Waals surface area (Å²) in [5.41, 5.74) is 5.38. The van der Waals surface area contributed by atoms with Gasteiger partial charge in [0.1, 0.15) is 5.84 Å². The Labute approximate surface area is 84.4 Å². The smallest absolute Gasteiger partial charge is 0.133 e. The number of amidine groups is 1. The first-order valence-corrected chi connectivity index (χ1v) is 4.90. The third-order valence-corrected chi connectivity index (χ3v) is 3.13. The Balaban J connectivity index is 2.68. The number of thiophene rings is 1. The standard InChI is InChI=1S/C9H7ClN2S/c10-6-1-2-7-5(3-6)4-8(13-7)9(11)12/h1-4H,(H3,11,12). The second-order valence-electron chi connectivity index (χ2n) is 2.71. The number of fused-ring (bicyclic) bond motifs is 1. The Morgan fingerprint density at radius 3 is 2.85 bits per heavy atom. The molecule has 2 nitrogen and oxygen atoms in total. The maximum absolute atomic E-state index is 7.28. The molecule has 13 heavy (non-hydrogen) atoms. The van der Waals surface area contributed by atoms with Gasteiger partial charge in [0.05, 0.1) is 4.88 Å². The molecule has 0 spiro atoms. The lowest BCUT2D eigenvalue weighted by Gasteiger charge is -1.87. The Kier molecular flexibility index (Phi) is 1.98. The van der Waals surface area contributed by atoms with E-state index in [1.54, 1.807) is 0 Å². The second-order valence-corrected chi connectivity index (χ2v) is 4.23. The summed E-state index contributed by atoms with van der Waals surface area (Å²) in [6.45, 7) is 0. The highest BCUT2D eigenvalue weighted by atomic mass is 35.5. The minimum absolute atomic E-state index is 0.109. The summed E-state index contributed by atoms with van der Waals surface area (Å²) in [7, 11) is 0. The van der Waals surface area contributed by atoms with Crippen molar-refractivity contribution in [3.05, 3.63) is 34.2 Å². The monoisotopic (exact) mass is 210 g/mol. The fraction of sp³-hybridized carbons (Fsp3) is 0. The van der Waals surface area contributed by atoms with E-state index in [1.165, 1.54) is 11.3 Å². The lowest BCUT2D eigenvalue weighted by atomic mass is 10.2. The fourth-order valence-electron chi connectivity index (χ4n) is 1.15. The quantitative estimate of drug-likeness (QED) is 0.552. The molecule has 0 aliphatic carbocycles. The van der Waals surface area contributed by atoms with E-state index < -0.39 is 0 Å². The number of hydrogen-bond acceptors (Lipinski definition) is 2. The zero-order chi connectivity index (χ0) is 9.42. The van der Waals surface area contributed by atoms with Crippen molar-refractivity contribution in [3.63, 3.8) is 0 Å². The van der Waals surface area contributed by atoms with Crippen LogP contribution in [0.4, 0.5) is 0 Å². The Morgan fingerprint density at radius 1 is 1.38 bits per heavy atom. The van der Waals surface area contributed by atoms with Crippen LogP contribution in [0, 0.1) is 5.41 Å². The molecule has 0 saturated heterocycles. The van der Waals surface area contributed by atoms with Crippen LogP contribution in [0.15, 0.2) is 24.3 Å². The van der Waals surface area contributed by atoms with Gasteiger partial charge >= 0.3 is 0 Å². The van der Waals surface area contributed by atoms with Crippen molar-refractivity contribution < 1.29 is 0 Å². The van der Waals surface area contributed by atoms with E-state index in [2.05, 4.69) is 0 Å². The van der Waals surface area contributed by atoms with Gasteiger partial charge in [0.2, 0.25) is 0 Å². The predicted octanol–water partition coefficient (Wildman–Crippen LogP) is 2.84. The van der Waals surface area contributed by atoms with Gasteiger partial charge in [-0.25, -0.2) is 0 Å². The van der Waals surface area contributed by atoms with Crippen molar-refractivity contribution in [2.45, 2.75) is 0 Å². The van der Waals surface area contributed by atoms with Crippen molar-refractivity contribution in [2.24, 2.45) is 5.73 Å². The average molecular weight is 211 g/mol. The van der Waals surface area contributed by atoms with E-state index in [4.69, 9.17) is 22.7 Å². The molecule has 0 saturated carbocycles. The highest BCUT2D eigenvalue weighted by molar-refractivity contribution is 7.20. The van der Waals surface area contributed by atoms with Gasteiger partial charge in [-0.15, -0.1) is 11.3 Å². The molecule has 0 atom stereocenters. The van der Waals surface area contributed by atoms with E-state index >= 15 is 0 Å². The van der Waals surface area contributed by atoms with Gasteiger partial charge in [-0.1, -0.05) is 11.6 Å². The molecule has 0 aliphatic rings. The molecule has 1 heterocycles. The average Bonchev–Trinajstić information content (AvgIpc) is 2.46. The number of nitrogens with one attached hydrogen (secondary N) is 1. The molecule has 2 aromatic rings. The molecule has 0 radical (unpaired) electrons. The van der Waals surface area contributed by atoms with Crippen LogP contribution in [0.3, 0.4) is 0 Å². The first-order chi connectivity index (χ1) is 6.16. The Morgan fingerprint density at radius 2 is 2.15 bits per heavy atom. The van der Waals surface area contributed by atoms with E-state index in [9.17, 15) is 0 Å². The summed E-state index contributed by atoms with van der Waals surface area (Å²) in [4.78, 5) is 0.789. The molecule has 0 amide bonds. The van der Waals surface area contributed by atoms with Crippen molar-refractivity contribution in [1.29, 1.82) is 5.41 Å². The molecule has 0 bridgehead atoms. The zero-order valence-corrected chi connectivity index (χ0v) is 8.25. The maximum Gasteiger partial charge on any atom is 0.133 e. The molecule has 0 fully saturated rings. The molecule has 3 N–H and O–H groups in total.